The lowest BCUT2D eigenvalue weighted by Gasteiger charge is -2.08. The van der Waals surface area contributed by atoms with Crippen LogP contribution in [-0.4, -0.2) is 32.9 Å². The number of aryl methyl sites for hydroxylation is 1. The highest BCUT2D eigenvalue weighted by Crippen LogP contribution is 2.10. The zero-order valence-electron chi connectivity index (χ0n) is 10.9. The van der Waals surface area contributed by atoms with E-state index >= 15 is 0 Å². The van der Waals surface area contributed by atoms with Crippen LogP contribution in [0.3, 0.4) is 0 Å². The number of nitrogens with one attached hydrogen (secondary N) is 1. The number of carbonyl (C=O) groups excluding carboxylic acids is 1. The van der Waals surface area contributed by atoms with Crippen LogP contribution in [0.2, 0.25) is 0 Å². The lowest BCUT2D eigenvalue weighted by atomic mass is 10.2. The zero-order chi connectivity index (χ0) is 14.9. The Hall–Kier alpha value is -2.22. The summed E-state index contributed by atoms with van der Waals surface area (Å²) in [5, 5.41) is 12.9. The third kappa shape index (κ3) is 2.55. The van der Waals surface area contributed by atoms with Crippen molar-refractivity contribution in [2.24, 2.45) is 5.92 Å². The number of hydrogen-bond donors (Lipinski definition) is 2. The Morgan fingerprint density at radius 1 is 1.55 bits per heavy atom. The molecule has 2 aromatic heterocycles. The summed E-state index contributed by atoms with van der Waals surface area (Å²) in [6.07, 6.45) is 1.22. The molecule has 0 aliphatic carbocycles. The molecule has 0 saturated heterocycles. The van der Waals surface area contributed by atoms with Crippen LogP contribution >= 0.6 is 11.3 Å². The topological polar surface area (TPSA) is 101 Å². The summed E-state index contributed by atoms with van der Waals surface area (Å²) in [5.41, 5.74) is 0.159. The molecule has 0 aliphatic heterocycles. The van der Waals surface area contributed by atoms with Gasteiger partial charge in [0.05, 0.1) is 5.92 Å². The van der Waals surface area contributed by atoms with E-state index in [0.29, 0.717) is 10.7 Å². The van der Waals surface area contributed by atoms with Crippen molar-refractivity contribution in [1.29, 1.82) is 0 Å². The molecular weight excluding hydrogens is 282 g/mol. The SMILES string of the molecule is Cc1csc2ncc(C(=O)NCC(C)C(=O)O)c(=O)n12. The van der Waals surface area contributed by atoms with E-state index in [-0.39, 0.29) is 12.1 Å². The van der Waals surface area contributed by atoms with Crippen LogP contribution in [-0.2, 0) is 4.79 Å². The molecule has 0 spiro atoms. The molecule has 1 unspecified atom stereocenters. The monoisotopic (exact) mass is 295 g/mol. The number of carboxylic acids is 1. The molecule has 0 aliphatic rings. The van der Waals surface area contributed by atoms with Crippen LogP contribution in [0, 0.1) is 12.8 Å². The first kappa shape index (κ1) is 14.2. The van der Waals surface area contributed by atoms with Gasteiger partial charge in [0, 0.05) is 23.8 Å². The van der Waals surface area contributed by atoms with E-state index in [1.165, 1.54) is 28.9 Å². The number of carboxylic acid groups (broad SMARTS) is 1. The lowest BCUT2D eigenvalue weighted by Crippen LogP contribution is -2.35. The summed E-state index contributed by atoms with van der Waals surface area (Å²) in [5.74, 6) is -2.35. The molecule has 7 nitrogen and oxygen atoms in total. The molecule has 2 N–H and O–H groups in total. The van der Waals surface area contributed by atoms with Crippen molar-refractivity contribution in [2.75, 3.05) is 6.54 Å². The minimum atomic E-state index is -1.01. The van der Waals surface area contributed by atoms with Gasteiger partial charge in [0.2, 0.25) is 0 Å². The number of carbonyl (C=O) groups is 2. The number of fused-ring (bicyclic) bond motifs is 1. The van der Waals surface area contributed by atoms with Crippen LogP contribution < -0.4 is 10.9 Å². The van der Waals surface area contributed by atoms with Gasteiger partial charge in [-0.25, -0.2) is 4.98 Å². The molecule has 0 bridgehead atoms. The van der Waals surface area contributed by atoms with Gasteiger partial charge in [-0.2, -0.15) is 0 Å². The average Bonchev–Trinajstić information content (AvgIpc) is 2.78. The van der Waals surface area contributed by atoms with Gasteiger partial charge in [-0.15, -0.1) is 11.3 Å². The molecule has 0 fully saturated rings. The van der Waals surface area contributed by atoms with Crippen molar-refractivity contribution in [3.05, 3.63) is 33.2 Å². The first-order chi connectivity index (χ1) is 9.41. The summed E-state index contributed by atoms with van der Waals surface area (Å²) in [6, 6.07) is 0. The minimum Gasteiger partial charge on any atom is -0.481 e. The van der Waals surface area contributed by atoms with Crippen LogP contribution in [0.1, 0.15) is 23.0 Å². The van der Waals surface area contributed by atoms with Crippen LogP contribution in [0.4, 0.5) is 0 Å². The quantitative estimate of drug-likeness (QED) is 0.856. The van der Waals surface area contributed by atoms with Crippen LogP contribution in [0.15, 0.2) is 16.4 Å². The molecular formula is C12H13N3O4S. The summed E-state index contributed by atoms with van der Waals surface area (Å²) < 4.78 is 1.36. The second-order valence-corrected chi connectivity index (χ2v) is 5.26. The zero-order valence-corrected chi connectivity index (χ0v) is 11.7. The Labute approximate surface area is 117 Å². The smallest absolute Gasteiger partial charge is 0.308 e. The fourth-order valence-corrected chi connectivity index (χ4v) is 2.44. The van der Waals surface area contributed by atoms with Crippen LogP contribution in [0.5, 0.6) is 0 Å². The molecule has 0 aromatic carbocycles. The summed E-state index contributed by atoms with van der Waals surface area (Å²) in [4.78, 5) is 39.3. The van der Waals surface area contributed by atoms with Gasteiger partial charge in [0.25, 0.3) is 11.5 Å². The first-order valence-electron chi connectivity index (χ1n) is 5.88. The highest BCUT2D eigenvalue weighted by Gasteiger charge is 2.17. The van der Waals surface area contributed by atoms with Gasteiger partial charge < -0.3 is 10.4 Å². The standard InChI is InChI=1S/C12H13N3O4S/c1-6(11(18)19)3-13-9(16)8-4-14-12-15(10(8)17)7(2)5-20-12/h4-6H,3H2,1-2H3,(H,13,16)(H,18,19). The average molecular weight is 295 g/mol. The molecule has 2 heterocycles. The maximum absolute atomic E-state index is 12.2. The number of aromatic nitrogens is 2. The molecule has 2 aromatic rings. The van der Waals surface area contributed by atoms with Crippen molar-refractivity contribution in [2.45, 2.75) is 13.8 Å². The van der Waals surface area contributed by atoms with Crippen molar-refractivity contribution >= 4 is 28.2 Å². The largest absolute Gasteiger partial charge is 0.481 e. The van der Waals surface area contributed by atoms with E-state index in [1.54, 1.807) is 12.3 Å². The third-order valence-corrected chi connectivity index (χ3v) is 3.81. The van der Waals surface area contributed by atoms with E-state index < -0.39 is 23.4 Å². The fraction of sp³-hybridized carbons (Fsp3) is 0.333. The maximum Gasteiger partial charge on any atom is 0.308 e. The van der Waals surface area contributed by atoms with Crippen molar-refractivity contribution in [3.8, 4) is 0 Å². The van der Waals surface area contributed by atoms with Gasteiger partial charge in [-0.3, -0.25) is 18.8 Å². The van der Waals surface area contributed by atoms with Gasteiger partial charge in [-0.1, -0.05) is 6.92 Å². The van der Waals surface area contributed by atoms with Crippen LogP contribution in [0.25, 0.3) is 4.96 Å². The molecule has 106 valence electrons. The number of hydrogen-bond acceptors (Lipinski definition) is 5. The summed E-state index contributed by atoms with van der Waals surface area (Å²) in [6.45, 7) is 3.18. The second kappa shape index (κ2) is 5.41. The highest BCUT2D eigenvalue weighted by molar-refractivity contribution is 7.15. The predicted octanol–water partition coefficient (Wildman–Crippen LogP) is 0.515. The Morgan fingerprint density at radius 3 is 2.90 bits per heavy atom. The highest BCUT2D eigenvalue weighted by atomic mass is 32.1. The second-order valence-electron chi connectivity index (χ2n) is 4.42. The number of thiazole rings is 1. The number of amides is 1. The molecule has 0 saturated carbocycles. The van der Waals surface area contributed by atoms with E-state index in [1.807, 2.05) is 0 Å². The Balaban J connectivity index is 2.27. The fourth-order valence-electron chi connectivity index (χ4n) is 1.61. The van der Waals surface area contributed by atoms with Crippen molar-refractivity contribution in [3.63, 3.8) is 0 Å². The summed E-state index contributed by atoms with van der Waals surface area (Å²) >= 11 is 1.31. The van der Waals surface area contributed by atoms with Gasteiger partial charge in [0.1, 0.15) is 5.56 Å². The van der Waals surface area contributed by atoms with Gasteiger partial charge >= 0.3 is 5.97 Å². The Morgan fingerprint density at radius 2 is 2.25 bits per heavy atom. The maximum atomic E-state index is 12.2. The van der Waals surface area contributed by atoms with E-state index in [4.69, 9.17) is 5.11 Å². The van der Waals surface area contributed by atoms with Crippen molar-refractivity contribution in [1.82, 2.24) is 14.7 Å². The van der Waals surface area contributed by atoms with Gasteiger partial charge in [0.15, 0.2) is 4.96 Å². The van der Waals surface area contributed by atoms with E-state index in [9.17, 15) is 14.4 Å². The third-order valence-electron chi connectivity index (χ3n) is 2.85. The molecule has 1 atom stereocenters. The number of aliphatic carboxylic acids is 1. The van der Waals surface area contributed by atoms with E-state index in [2.05, 4.69) is 10.3 Å². The predicted molar refractivity (Wildman–Crippen MR) is 73.2 cm³/mol. The molecule has 0 radical (unpaired) electrons. The summed E-state index contributed by atoms with van der Waals surface area (Å²) in [7, 11) is 0. The molecule has 1 amide bonds. The molecule has 20 heavy (non-hydrogen) atoms. The molecule has 8 heteroatoms. The Bertz CT molecular complexity index is 734. The Kier molecular flexibility index (Phi) is 3.84. The number of nitrogens with zero attached hydrogens (tertiary/aromatic N) is 2. The molecule has 2 rings (SSSR count). The number of rotatable bonds is 4. The normalized spacial score (nSPS) is 12.3. The van der Waals surface area contributed by atoms with Crippen molar-refractivity contribution < 1.29 is 14.7 Å². The minimum absolute atomic E-state index is 0.0427. The van der Waals surface area contributed by atoms with E-state index in [0.717, 1.165) is 0 Å². The first-order valence-corrected chi connectivity index (χ1v) is 6.76. The lowest BCUT2D eigenvalue weighted by molar-refractivity contribution is -0.140. The van der Waals surface area contributed by atoms with Gasteiger partial charge in [-0.05, 0) is 6.92 Å².